The van der Waals surface area contributed by atoms with Gasteiger partial charge in [0.05, 0.1) is 0 Å². The molecule has 0 saturated carbocycles. The van der Waals surface area contributed by atoms with Gasteiger partial charge in [-0.15, -0.1) is 0 Å². The third kappa shape index (κ3) is 1.16. The van der Waals surface area contributed by atoms with Gasteiger partial charge in [-0.3, -0.25) is 0 Å². The van der Waals surface area contributed by atoms with Crippen LogP contribution in [0.5, 0.6) is 0 Å². The molecule has 1 aromatic heterocycles. The van der Waals surface area contributed by atoms with Crippen LogP contribution in [-0.2, 0) is 0 Å². The minimum absolute atomic E-state index is 0.985. The lowest BCUT2D eigenvalue weighted by molar-refractivity contribution is 0.665. The summed E-state index contributed by atoms with van der Waals surface area (Å²) in [6.45, 7) is 4.16. The molecule has 0 bridgehead atoms. The van der Waals surface area contributed by atoms with E-state index in [2.05, 4.69) is 50.2 Å². The maximum Gasteiger partial charge on any atom is 0.138 e. The maximum atomic E-state index is 5.86. The molecule has 0 N–H and O–H groups in total. The fourth-order valence-electron chi connectivity index (χ4n) is 2.05. The van der Waals surface area contributed by atoms with Crippen molar-refractivity contribution in [1.82, 2.24) is 0 Å². The van der Waals surface area contributed by atoms with Gasteiger partial charge in [0.1, 0.15) is 11.2 Å². The number of aryl methyl sites for hydroxylation is 2. The third-order valence-corrected chi connectivity index (χ3v) is 2.85. The Balaban J connectivity index is 2.57. The van der Waals surface area contributed by atoms with Gasteiger partial charge in [-0.05, 0) is 31.0 Å². The van der Waals surface area contributed by atoms with Crippen molar-refractivity contribution in [3.8, 4) is 0 Å². The summed E-state index contributed by atoms with van der Waals surface area (Å²) < 4.78 is 5.86. The summed E-state index contributed by atoms with van der Waals surface area (Å²) in [4.78, 5) is 0. The monoisotopic (exact) mass is 196 g/mol. The number of furan rings is 1. The van der Waals surface area contributed by atoms with Crippen LogP contribution in [0, 0.1) is 13.8 Å². The zero-order chi connectivity index (χ0) is 10.4. The zero-order valence-electron chi connectivity index (χ0n) is 8.87. The fourth-order valence-corrected chi connectivity index (χ4v) is 2.05. The number of rotatable bonds is 0. The number of fused-ring (bicyclic) bond motifs is 3. The molecule has 0 aliphatic rings. The van der Waals surface area contributed by atoms with Gasteiger partial charge in [-0.2, -0.15) is 0 Å². The molecular formula is C14H12O. The summed E-state index contributed by atoms with van der Waals surface area (Å²) in [5.41, 5.74) is 4.43. The quantitative estimate of drug-likeness (QED) is 0.525. The van der Waals surface area contributed by atoms with Crippen molar-refractivity contribution < 1.29 is 4.42 Å². The molecule has 3 aromatic rings. The van der Waals surface area contributed by atoms with Gasteiger partial charge in [0.2, 0.25) is 0 Å². The Morgan fingerprint density at radius 2 is 1.80 bits per heavy atom. The lowest BCUT2D eigenvalue weighted by Gasteiger charge is -1.91. The van der Waals surface area contributed by atoms with Crippen LogP contribution in [0.25, 0.3) is 21.9 Å². The zero-order valence-corrected chi connectivity index (χ0v) is 8.87. The molecule has 74 valence electrons. The first kappa shape index (κ1) is 8.54. The molecule has 0 saturated heterocycles. The van der Waals surface area contributed by atoms with Gasteiger partial charge in [-0.25, -0.2) is 0 Å². The molecule has 15 heavy (non-hydrogen) atoms. The van der Waals surface area contributed by atoms with Crippen LogP contribution < -0.4 is 0 Å². The van der Waals surface area contributed by atoms with Crippen LogP contribution in [0.4, 0.5) is 0 Å². The van der Waals surface area contributed by atoms with Crippen LogP contribution in [0.1, 0.15) is 11.1 Å². The van der Waals surface area contributed by atoms with Crippen molar-refractivity contribution in [3.63, 3.8) is 0 Å². The van der Waals surface area contributed by atoms with Crippen LogP contribution in [0.15, 0.2) is 40.8 Å². The standard InChI is InChI=1S/C14H12O/c1-9-6-7-11-12-5-3-4-10(2)14(12)15-13(11)8-9/h3-8H,1-2H3. The van der Waals surface area contributed by atoms with Crippen LogP contribution >= 0.6 is 0 Å². The summed E-state index contributed by atoms with van der Waals surface area (Å²) in [7, 11) is 0. The Hall–Kier alpha value is -1.76. The van der Waals surface area contributed by atoms with E-state index < -0.39 is 0 Å². The number of benzene rings is 2. The van der Waals surface area contributed by atoms with E-state index in [9.17, 15) is 0 Å². The highest BCUT2D eigenvalue weighted by atomic mass is 16.3. The maximum absolute atomic E-state index is 5.86. The Morgan fingerprint density at radius 1 is 0.933 bits per heavy atom. The Kier molecular flexibility index (Phi) is 1.63. The van der Waals surface area contributed by atoms with Crippen molar-refractivity contribution in [3.05, 3.63) is 47.5 Å². The highest BCUT2D eigenvalue weighted by Gasteiger charge is 2.07. The van der Waals surface area contributed by atoms with Gasteiger partial charge < -0.3 is 4.42 Å². The van der Waals surface area contributed by atoms with E-state index in [1.807, 2.05) is 0 Å². The molecule has 0 unspecified atom stereocenters. The summed E-state index contributed by atoms with van der Waals surface area (Å²) >= 11 is 0. The molecule has 0 radical (unpaired) electrons. The molecule has 0 aliphatic heterocycles. The highest BCUT2D eigenvalue weighted by Crippen LogP contribution is 2.30. The lowest BCUT2D eigenvalue weighted by atomic mass is 10.1. The van der Waals surface area contributed by atoms with Gasteiger partial charge in [-0.1, -0.05) is 30.3 Å². The van der Waals surface area contributed by atoms with E-state index in [4.69, 9.17) is 4.42 Å². The molecule has 1 nitrogen and oxygen atoms in total. The Labute approximate surface area is 88.3 Å². The summed E-state index contributed by atoms with van der Waals surface area (Å²) in [5, 5.41) is 2.42. The normalized spacial score (nSPS) is 11.3. The SMILES string of the molecule is Cc1ccc2c(c1)oc1c(C)cccc12. The molecule has 0 fully saturated rings. The fraction of sp³-hybridized carbons (Fsp3) is 0.143. The highest BCUT2D eigenvalue weighted by molar-refractivity contribution is 6.05. The second kappa shape index (κ2) is 2.86. The number of para-hydroxylation sites is 1. The Bertz CT molecular complexity index is 647. The molecule has 0 amide bonds. The topological polar surface area (TPSA) is 13.1 Å². The van der Waals surface area contributed by atoms with Gasteiger partial charge >= 0.3 is 0 Å². The average molecular weight is 196 g/mol. The average Bonchev–Trinajstić information content (AvgIpc) is 2.57. The molecule has 1 heterocycles. The summed E-state index contributed by atoms with van der Waals surface area (Å²) in [6, 6.07) is 12.6. The van der Waals surface area contributed by atoms with Crippen LogP contribution in [0.2, 0.25) is 0 Å². The van der Waals surface area contributed by atoms with Gasteiger partial charge in [0.25, 0.3) is 0 Å². The van der Waals surface area contributed by atoms with E-state index in [0.717, 1.165) is 11.2 Å². The molecule has 0 aliphatic carbocycles. The molecular weight excluding hydrogens is 184 g/mol. The van der Waals surface area contributed by atoms with E-state index >= 15 is 0 Å². The van der Waals surface area contributed by atoms with Gasteiger partial charge in [0, 0.05) is 10.8 Å². The first-order valence-corrected chi connectivity index (χ1v) is 5.14. The second-order valence-electron chi connectivity index (χ2n) is 4.05. The first-order chi connectivity index (χ1) is 7.25. The van der Waals surface area contributed by atoms with E-state index in [-0.39, 0.29) is 0 Å². The largest absolute Gasteiger partial charge is 0.456 e. The predicted molar refractivity (Wildman–Crippen MR) is 63.2 cm³/mol. The van der Waals surface area contributed by atoms with Crippen LogP contribution in [0.3, 0.4) is 0 Å². The Morgan fingerprint density at radius 3 is 2.67 bits per heavy atom. The van der Waals surface area contributed by atoms with E-state index in [1.165, 1.54) is 21.9 Å². The van der Waals surface area contributed by atoms with Gasteiger partial charge in [0.15, 0.2) is 0 Å². The predicted octanol–water partition coefficient (Wildman–Crippen LogP) is 4.20. The summed E-state index contributed by atoms with van der Waals surface area (Å²) in [6.07, 6.45) is 0. The van der Waals surface area contributed by atoms with E-state index in [0.29, 0.717) is 0 Å². The molecule has 3 rings (SSSR count). The van der Waals surface area contributed by atoms with Crippen molar-refractivity contribution in [2.24, 2.45) is 0 Å². The first-order valence-electron chi connectivity index (χ1n) is 5.14. The van der Waals surface area contributed by atoms with Crippen molar-refractivity contribution in [1.29, 1.82) is 0 Å². The number of hydrogen-bond donors (Lipinski definition) is 0. The molecule has 0 atom stereocenters. The van der Waals surface area contributed by atoms with Crippen molar-refractivity contribution >= 4 is 21.9 Å². The minimum atomic E-state index is 0.985. The van der Waals surface area contributed by atoms with Crippen LogP contribution in [-0.4, -0.2) is 0 Å². The molecule has 1 heteroatoms. The second-order valence-corrected chi connectivity index (χ2v) is 4.05. The smallest absolute Gasteiger partial charge is 0.138 e. The lowest BCUT2D eigenvalue weighted by Crippen LogP contribution is -1.71. The number of hydrogen-bond acceptors (Lipinski definition) is 1. The summed E-state index contributed by atoms with van der Waals surface area (Å²) in [5.74, 6) is 0. The van der Waals surface area contributed by atoms with Crippen molar-refractivity contribution in [2.75, 3.05) is 0 Å². The molecule has 0 spiro atoms. The minimum Gasteiger partial charge on any atom is -0.456 e. The van der Waals surface area contributed by atoms with E-state index in [1.54, 1.807) is 0 Å². The third-order valence-electron chi connectivity index (χ3n) is 2.85. The van der Waals surface area contributed by atoms with Crippen molar-refractivity contribution in [2.45, 2.75) is 13.8 Å². The molecule has 2 aromatic carbocycles.